The normalized spacial score (nSPS) is 23.5. The van der Waals surface area contributed by atoms with Crippen LogP contribution >= 0.6 is 0 Å². The number of pyridine rings is 1. The van der Waals surface area contributed by atoms with Crippen LogP contribution in [0.3, 0.4) is 0 Å². The molecule has 3 aromatic rings. The first-order valence-corrected chi connectivity index (χ1v) is 12.4. The van der Waals surface area contributed by atoms with Crippen molar-refractivity contribution in [3.05, 3.63) is 64.1 Å². The second-order valence-electron chi connectivity index (χ2n) is 9.80. The van der Waals surface area contributed by atoms with E-state index in [0.717, 1.165) is 27.6 Å². The SMILES string of the molecule is CC(=O)OCC1OC(Oc2c(C)cc(-c3ccc4cc[nH]c(=O)c4c3)cc2C)C(OC(C)=O)C(C)C1C. The van der Waals surface area contributed by atoms with E-state index in [1.54, 1.807) is 6.20 Å². The largest absolute Gasteiger partial charge is 0.463 e. The van der Waals surface area contributed by atoms with Crippen molar-refractivity contribution >= 4 is 22.7 Å². The van der Waals surface area contributed by atoms with Crippen LogP contribution < -0.4 is 10.3 Å². The Balaban J connectivity index is 1.65. The van der Waals surface area contributed by atoms with E-state index in [4.69, 9.17) is 18.9 Å². The molecule has 5 unspecified atom stereocenters. The first-order valence-electron chi connectivity index (χ1n) is 12.4. The maximum absolute atomic E-state index is 12.3. The van der Waals surface area contributed by atoms with Crippen LogP contribution in [0.5, 0.6) is 5.75 Å². The van der Waals surface area contributed by atoms with E-state index in [1.165, 1.54) is 13.8 Å². The summed E-state index contributed by atoms with van der Waals surface area (Å²) in [6.45, 7) is 10.6. The second-order valence-corrected chi connectivity index (χ2v) is 9.80. The third-order valence-electron chi connectivity index (χ3n) is 7.07. The second kappa shape index (κ2) is 10.8. The van der Waals surface area contributed by atoms with Gasteiger partial charge in [-0.2, -0.15) is 0 Å². The molecule has 8 heteroatoms. The topological polar surface area (TPSA) is 104 Å². The number of ether oxygens (including phenoxy) is 4. The molecule has 0 amide bonds. The Morgan fingerprint density at radius 1 is 0.946 bits per heavy atom. The Hall–Kier alpha value is -3.65. The number of benzene rings is 2. The maximum Gasteiger partial charge on any atom is 0.303 e. The van der Waals surface area contributed by atoms with E-state index >= 15 is 0 Å². The Morgan fingerprint density at radius 3 is 2.30 bits per heavy atom. The Bertz CT molecular complexity index is 1350. The lowest BCUT2D eigenvalue weighted by molar-refractivity contribution is -0.253. The van der Waals surface area contributed by atoms with Gasteiger partial charge in [-0.05, 0) is 71.7 Å². The van der Waals surface area contributed by atoms with E-state index in [0.29, 0.717) is 11.1 Å². The molecule has 1 aliphatic heterocycles. The third kappa shape index (κ3) is 5.69. The molecule has 0 saturated carbocycles. The van der Waals surface area contributed by atoms with Crippen molar-refractivity contribution < 1.29 is 28.5 Å². The van der Waals surface area contributed by atoms with E-state index < -0.39 is 24.5 Å². The van der Waals surface area contributed by atoms with Crippen molar-refractivity contribution in [3.63, 3.8) is 0 Å². The van der Waals surface area contributed by atoms with Crippen LogP contribution in [0.15, 0.2) is 47.4 Å². The van der Waals surface area contributed by atoms with E-state index in [9.17, 15) is 14.4 Å². The highest BCUT2D eigenvalue weighted by Crippen LogP contribution is 2.37. The monoisotopic (exact) mass is 507 g/mol. The quantitative estimate of drug-likeness (QED) is 0.483. The minimum atomic E-state index is -0.877. The average Bonchev–Trinajstić information content (AvgIpc) is 2.84. The number of carbonyl (C=O) groups is 2. The van der Waals surface area contributed by atoms with Gasteiger partial charge >= 0.3 is 11.9 Å². The van der Waals surface area contributed by atoms with Crippen molar-refractivity contribution in [2.45, 2.75) is 60.0 Å². The van der Waals surface area contributed by atoms with Gasteiger partial charge in [0.1, 0.15) is 12.4 Å². The van der Waals surface area contributed by atoms with Crippen LogP contribution in [-0.4, -0.2) is 42.0 Å². The van der Waals surface area contributed by atoms with Gasteiger partial charge in [0.15, 0.2) is 6.10 Å². The number of aromatic nitrogens is 1. The molecule has 1 saturated heterocycles. The number of hydrogen-bond donors (Lipinski definition) is 1. The zero-order valence-corrected chi connectivity index (χ0v) is 22.0. The van der Waals surface area contributed by atoms with Crippen molar-refractivity contribution in [1.29, 1.82) is 0 Å². The molecule has 1 aliphatic rings. The van der Waals surface area contributed by atoms with Gasteiger partial charge in [-0.15, -0.1) is 0 Å². The number of aryl methyl sites for hydroxylation is 2. The molecule has 1 fully saturated rings. The predicted octanol–water partition coefficient (Wildman–Crippen LogP) is 4.68. The fourth-order valence-corrected chi connectivity index (χ4v) is 4.88. The highest BCUT2D eigenvalue weighted by Gasteiger charge is 2.45. The van der Waals surface area contributed by atoms with Gasteiger partial charge in [0.05, 0.1) is 6.10 Å². The average molecular weight is 508 g/mol. The number of nitrogens with one attached hydrogen (secondary N) is 1. The molecule has 0 spiro atoms. The highest BCUT2D eigenvalue weighted by molar-refractivity contribution is 5.86. The smallest absolute Gasteiger partial charge is 0.303 e. The summed E-state index contributed by atoms with van der Waals surface area (Å²) in [6, 6.07) is 11.7. The molecule has 37 heavy (non-hydrogen) atoms. The van der Waals surface area contributed by atoms with Gasteiger partial charge in [-0.3, -0.25) is 14.4 Å². The van der Waals surface area contributed by atoms with Gasteiger partial charge in [0.25, 0.3) is 5.56 Å². The summed E-state index contributed by atoms with van der Waals surface area (Å²) in [5.74, 6) is -0.323. The van der Waals surface area contributed by atoms with Crippen LogP contribution in [0.4, 0.5) is 0 Å². The molecule has 8 nitrogen and oxygen atoms in total. The molecule has 1 aromatic heterocycles. The molecule has 2 heterocycles. The Labute approximate surface area is 215 Å². The lowest BCUT2D eigenvalue weighted by Crippen LogP contribution is -2.54. The van der Waals surface area contributed by atoms with Gasteiger partial charge in [-0.1, -0.05) is 26.0 Å². The molecule has 0 bridgehead atoms. The van der Waals surface area contributed by atoms with Gasteiger partial charge < -0.3 is 23.9 Å². The number of hydrogen-bond acceptors (Lipinski definition) is 7. The van der Waals surface area contributed by atoms with Crippen molar-refractivity contribution in [1.82, 2.24) is 4.98 Å². The molecule has 1 N–H and O–H groups in total. The minimum Gasteiger partial charge on any atom is -0.463 e. The molecular weight excluding hydrogens is 474 g/mol. The fraction of sp³-hybridized carbons (Fsp3) is 0.414. The summed E-state index contributed by atoms with van der Waals surface area (Å²) in [5, 5.41) is 1.50. The number of carbonyl (C=O) groups excluding carboxylic acids is 2. The molecule has 5 atom stereocenters. The van der Waals surface area contributed by atoms with Gasteiger partial charge in [0, 0.05) is 31.3 Å². The summed E-state index contributed by atoms with van der Waals surface area (Å²) in [6.07, 6.45) is -0.282. The van der Waals surface area contributed by atoms with Crippen LogP contribution in [0.1, 0.15) is 38.8 Å². The van der Waals surface area contributed by atoms with Crippen molar-refractivity contribution in [2.24, 2.45) is 11.8 Å². The number of H-pyrrole nitrogens is 1. The summed E-state index contributed by atoms with van der Waals surface area (Å²) < 4.78 is 23.4. The third-order valence-corrected chi connectivity index (χ3v) is 7.07. The zero-order valence-electron chi connectivity index (χ0n) is 22.0. The number of aromatic amines is 1. The fourth-order valence-electron chi connectivity index (χ4n) is 4.88. The summed E-state index contributed by atoms with van der Waals surface area (Å²) >= 11 is 0. The summed E-state index contributed by atoms with van der Waals surface area (Å²) in [5.41, 5.74) is 3.46. The Morgan fingerprint density at radius 2 is 1.65 bits per heavy atom. The van der Waals surface area contributed by atoms with Crippen molar-refractivity contribution in [2.75, 3.05) is 6.61 Å². The first kappa shape index (κ1) is 26.4. The van der Waals surface area contributed by atoms with Crippen LogP contribution in [0.2, 0.25) is 0 Å². The number of esters is 2. The molecule has 196 valence electrons. The first-order chi connectivity index (χ1) is 17.5. The Kier molecular flexibility index (Phi) is 7.68. The van der Waals surface area contributed by atoms with E-state index in [-0.39, 0.29) is 30.0 Å². The van der Waals surface area contributed by atoms with Crippen molar-refractivity contribution in [3.8, 4) is 16.9 Å². The standard InChI is InChI=1S/C29H33NO7/c1-15-11-23(22-8-7-21-9-10-30-28(33)24(21)13-22)12-16(2)26(15)37-29-27(35-20(6)32)18(4)17(3)25(36-29)14-34-19(5)31/h7-13,17-18,25,27,29H,14H2,1-6H3,(H,30,33). The van der Waals surface area contributed by atoms with Crippen LogP contribution in [0.25, 0.3) is 21.9 Å². The highest BCUT2D eigenvalue weighted by atomic mass is 16.7. The van der Waals surface area contributed by atoms with Crippen LogP contribution in [0, 0.1) is 25.7 Å². The number of rotatable bonds is 6. The van der Waals surface area contributed by atoms with Gasteiger partial charge in [-0.25, -0.2) is 0 Å². The zero-order chi connectivity index (χ0) is 26.9. The summed E-state index contributed by atoms with van der Waals surface area (Å²) in [7, 11) is 0. The van der Waals surface area contributed by atoms with Crippen LogP contribution in [-0.2, 0) is 23.8 Å². The minimum absolute atomic E-state index is 0.0378. The molecule has 0 radical (unpaired) electrons. The van der Waals surface area contributed by atoms with Gasteiger partial charge in [0.2, 0.25) is 6.29 Å². The molecule has 0 aliphatic carbocycles. The number of fused-ring (bicyclic) bond motifs is 1. The predicted molar refractivity (Wildman–Crippen MR) is 139 cm³/mol. The van der Waals surface area contributed by atoms with E-state index in [1.807, 2.05) is 64.1 Å². The maximum atomic E-state index is 12.3. The lowest BCUT2D eigenvalue weighted by Gasteiger charge is -2.43. The molecule has 4 rings (SSSR count). The summed E-state index contributed by atoms with van der Waals surface area (Å²) in [4.78, 5) is 38.3. The lowest BCUT2D eigenvalue weighted by atomic mass is 9.83. The molecular formula is C29H33NO7. The molecule has 2 aromatic carbocycles. The van der Waals surface area contributed by atoms with E-state index in [2.05, 4.69) is 4.98 Å².